The summed E-state index contributed by atoms with van der Waals surface area (Å²) in [5.41, 5.74) is 2.27. The molecule has 0 unspecified atom stereocenters. The Balaban J connectivity index is 2.04. The van der Waals surface area contributed by atoms with Gasteiger partial charge in [-0.05, 0) is 37.7 Å². The Morgan fingerprint density at radius 3 is 2.84 bits per heavy atom. The lowest BCUT2D eigenvalue weighted by atomic mass is 9.94. The number of piperidine rings is 1. The number of nitrogens with zero attached hydrogens (tertiary/aromatic N) is 3. The lowest BCUT2D eigenvalue weighted by Gasteiger charge is -2.33. The lowest BCUT2D eigenvalue weighted by Crippen LogP contribution is -2.45. The fourth-order valence-electron chi connectivity index (χ4n) is 2.50. The van der Waals surface area contributed by atoms with Gasteiger partial charge < -0.3 is 0 Å². The average Bonchev–Trinajstić information content (AvgIpc) is 2.75. The van der Waals surface area contributed by atoms with Crippen LogP contribution in [0.5, 0.6) is 0 Å². The van der Waals surface area contributed by atoms with E-state index in [-0.39, 0.29) is 0 Å². The lowest BCUT2D eigenvalue weighted by molar-refractivity contribution is 0.253. The molecule has 1 aromatic heterocycles. The quantitative estimate of drug-likeness (QED) is 0.889. The maximum atomic E-state index is 12.1. The normalized spacial score (nSPS) is 22.0. The molecule has 2 heterocycles. The van der Waals surface area contributed by atoms with E-state index in [2.05, 4.69) is 10.2 Å². The summed E-state index contributed by atoms with van der Waals surface area (Å²) in [6.45, 7) is 3.24. The molecule has 1 atom stereocenters. The van der Waals surface area contributed by atoms with Crippen molar-refractivity contribution in [2.75, 3.05) is 27.2 Å². The summed E-state index contributed by atoms with van der Waals surface area (Å²) in [5.74, 6) is 0.364. The summed E-state index contributed by atoms with van der Waals surface area (Å²) in [5, 5.41) is 7.02. The van der Waals surface area contributed by atoms with E-state index >= 15 is 0 Å². The molecule has 6 nitrogen and oxygen atoms in total. The summed E-state index contributed by atoms with van der Waals surface area (Å²) in [6.07, 6.45) is 4.67. The molecule has 108 valence electrons. The molecule has 19 heavy (non-hydrogen) atoms. The molecule has 1 aromatic rings. The van der Waals surface area contributed by atoms with E-state index in [0.717, 1.165) is 30.5 Å². The highest BCUT2D eigenvalue weighted by atomic mass is 32.2. The van der Waals surface area contributed by atoms with Crippen LogP contribution in [0.4, 0.5) is 0 Å². The average molecular weight is 286 g/mol. The molecule has 1 aliphatic rings. The smallest absolute Gasteiger partial charge is 0.281 e. The van der Waals surface area contributed by atoms with Crippen LogP contribution in [-0.2, 0) is 16.6 Å². The molecule has 1 N–H and O–H groups in total. The molecule has 0 bridgehead atoms. The minimum Gasteiger partial charge on any atom is -0.282 e. The Hall–Kier alpha value is -0.920. The first-order valence-electron chi connectivity index (χ1n) is 6.57. The predicted octanol–water partition coefficient (Wildman–Crippen LogP) is 0.779. The third kappa shape index (κ3) is 3.16. The van der Waals surface area contributed by atoms with E-state index in [9.17, 15) is 8.42 Å². The van der Waals surface area contributed by atoms with E-state index in [0.29, 0.717) is 19.0 Å². The number of rotatable bonds is 4. The summed E-state index contributed by atoms with van der Waals surface area (Å²) in [7, 11) is -0.118. The second-order valence-corrected chi connectivity index (χ2v) is 7.53. The van der Waals surface area contributed by atoms with E-state index in [1.54, 1.807) is 18.4 Å². The van der Waals surface area contributed by atoms with Gasteiger partial charge in [0.05, 0.1) is 6.20 Å². The van der Waals surface area contributed by atoms with Gasteiger partial charge in [0.2, 0.25) is 0 Å². The highest BCUT2D eigenvalue weighted by Gasteiger charge is 2.30. The van der Waals surface area contributed by atoms with Gasteiger partial charge in [-0.2, -0.15) is 22.1 Å². The highest BCUT2D eigenvalue weighted by molar-refractivity contribution is 7.86. The summed E-state index contributed by atoms with van der Waals surface area (Å²) in [4.78, 5) is 0. The fourth-order valence-corrected chi connectivity index (χ4v) is 3.72. The maximum Gasteiger partial charge on any atom is 0.281 e. The Bertz CT molecular complexity index is 524. The molecular formula is C12H22N4O2S. The second kappa shape index (κ2) is 5.60. The van der Waals surface area contributed by atoms with Gasteiger partial charge in [-0.25, -0.2) is 0 Å². The fraction of sp³-hybridized carbons (Fsp3) is 0.750. The molecule has 0 spiro atoms. The molecular weight excluding hydrogens is 264 g/mol. The van der Waals surface area contributed by atoms with Gasteiger partial charge in [-0.3, -0.25) is 5.10 Å². The van der Waals surface area contributed by atoms with Crippen LogP contribution in [0.3, 0.4) is 0 Å². The number of hydrogen-bond donors (Lipinski definition) is 1. The van der Waals surface area contributed by atoms with Crippen LogP contribution in [0.1, 0.15) is 24.1 Å². The van der Waals surface area contributed by atoms with E-state index < -0.39 is 10.2 Å². The van der Waals surface area contributed by atoms with Crippen LogP contribution < -0.4 is 0 Å². The standard InChI is InChI=1S/C12H22N4O2S/c1-10-8-13-14-12(10)7-11-5-4-6-16(9-11)19(17,18)15(2)3/h8,11H,4-7,9H2,1-3H3,(H,13,14)/t11-/m0/s1. The Labute approximate surface area is 115 Å². The van der Waals surface area contributed by atoms with Gasteiger partial charge >= 0.3 is 0 Å². The van der Waals surface area contributed by atoms with Crippen molar-refractivity contribution in [1.29, 1.82) is 0 Å². The van der Waals surface area contributed by atoms with Crippen molar-refractivity contribution < 1.29 is 8.42 Å². The van der Waals surface area contributed by atoms with Crippen molar-refractivity contribution in [2.45, 2.75) is 26.2 Å². The first-order chi connectivity index (χ1) is 8.91. The van der Waals surface area contributed by atoms with E-state index in [4.69, 9.17) is 0 Å². The van der Waals surface area contributed by atoms with Gasteiger partial charge in [0.1, 0.15) is 0 Å². The molecule has 1 fully saturated rings. The van der Waals surface area contributed by atoms with E-state index in [1.165, 1.54) is 4.31 Å². The van der Waals surface area contributed by atoms with Crippen LogP contribution in [0.25, 0.3) is 0 Å². The Morgan fingerprint density at radius 1 is 1.53 bits per heavy atom. The number of aromatic amines is 1. The van der Waals surface area contributed by atoms with Crippen molar-refractivity contribution in [2.24, 2.45) is 5.92 Å². The molecule has 0 saturated carbocycles. The van der Waals surface area contributed by atoms with Crippen molar-refractivity contribution >= 4 is 10.2 Å². The van der Waals surface area contributed by atoms with Crippen LogP contribution in [-0.4, -0.2) is 54.4 Å². The molecule has 0 aromatic carbocycles. The van der Waals surface area contributed by atoms with Crippen molar-refractivity contribution in [3.63, 3.8) is 0 Å². The Morgan fingerprint density at radius 2 is 2.26 bits per heavy atom. The molecule has 1 aliphatic heterocycles. The Kier molecular flexibility index (Phi) is 4.27. The largest absolute Gasteiger partial charge is 0.282 e. The SMILES string of the molecule is Cc1cn[nH]c1C[C@@H]1CCCN(S(=O)(=O)N(C)C)C1. The van der Waals surface area contributed by atoms with E-state index in [1.807, 2.05) is 13.1 Å². The van der Waals surface area contributed by atoms with Gasteiger partial charge in [0, 0.05) is 32.9 Å². The number of aryl methyl sites for hydroxylation is 1. The summed E-state index contributed by atoms with van der Waals surface area (Å²) in [6, 6.07) is 0. The zero-order valence-electron chi connectivity index (χ0n) is 11.8. The molecule has 0 radical (unpaired) electrons. The number of nitrogens with one attached hydrogen (secondary N) is 1. The van der Waals surface area contributed by atoms with Crippen LogP contribution in [0.2, 0.25) is 0 Å². The van der Waals surface area contributed by atoms with Gasteiger partial charge in [0.25, 0.3) is 10.2 Å². The van der Waals surface area contributed by atoms with Crippen molar-refractivity contribution in [1.82, 2.24) is 18.8 Å². The zero-order valence-corrected chi connectivity index (χ0v) is 12.6. The zero-order chi connectivity index (χ0) is 14.0. The number of H-pyrrole nitrogens is 1. The van der Waals surface area contributed by atoms with Gasteiger partial charge in [0.15, 0.2) is 0 Å². The molecule has 7 heteroatoms. The molecule has 0 amide bonds. The first kappa shape index (κ1) is 14.5. The molecule has 2 rings (SSSR count). The van der Waals surface area contributed by atoms with Crippen molar-refractivity contribution in [3.05, 3.63) is 17.5 Å². The third-order valence-corrected chi connectivity index (χ3v) is 5.60. The van der Waals surface area contributed by atoms with Crippen LogP contribution in [0.15, 0.2) is 6.20 Å². The minimum atomic E-state index is -3.28. The highest BCUT2D eigenvalue weighted by Crippen LogP contribution is 2.23. The third-order valence-electron chi connectivity index (χ3n) is 3.70. The van der Waals surface area contributed by atoms with Gasteiger partial charge in [-0.1, -0.05) is 0 Å². The maximum absolute atomic E-state index is 12.1. The van der Waals surface area contributed by atoms with Crippen LogP contribution in [0, 0.1) is 12.8 Å². The second-order valence-electron chi connectivity index (χ2n) is 5.39. The number of aromatic nitrogens is 2. The first-order valence-corrected chi connectivity index (χ1v) is 7.97. The van der Waals surface area contributed by atoms with Crippen LogP contribution >= 0.6 is 0 Å². The minimum absolute atomic E-state index is 0.364. The molecule has 0 aliphatic carbocycles. The van der Waals surface area contributed by atoms with Crippen molar-refractivity contribution in [3.8, 4) is 0 Å². The topological polar surface area (TPSA) is 69.3 Å². The summed E-state index contributed by atoms with van der Waals surface area (Å²) < 4.78 is 27.1. The number of hydrogen-bond acceptors (Lipinski definition) is 3. The summed E-state index contributed by atoms with van der Waals surface area (Å²) >= 11 is 0. The predicted molar refractivity (Wildman–Crippen MR) is 73.9 cm³/mol. The molecule has 1 saturated heterocycles. The monoisotopic (exact) mass is 286 g/mol. The van der Waals surface area contributed by atoms with Gasteiger partial charge in [-0.15, -0.1) is 0 Å².